The molecule has 24 heavy (non-hydrogen) atoms. The van der Waals surface area contributed by atoms with Crippen LogP contribution in [0.25, 0.3) is 0 Å². The summed E-state index contributed by atoms with van der Waals surface area (Å²) in [6.45, 7) is 2.80. The van der Waals surface area contributed by atoms with Gasteiger partial charge >= 0.3 is 5.97 Å². The van der Waals surface area contributed by atoms with E-state index in [4.69, 9.17) is 4.74 Å². The largest absolute Gasteiger partial charge is 0.461 e. The number of aromatic nitrogens is 2. The van der Waals surface area contributed by atoms with Crippen molar-refractivity contribution in [3.63, 3.8) is 0 Å². The van der Waals surface area contributed by atoms with Gasteiger partial charge < -0.3 is 9.64 Å². The fourth-order valence-corrected chi connectivity index (χ4v) is 2.90. The molecular formula is C17H18FN3O3. The van der Waals surface area contributed by atoms with E-state index in [0.717, 1.165) is 11.3 Å². The summed E-state index contributed by atoms with van der Waals surface area (Å²) >= 11 is 0. The summed E-state index contributed by atoms with van der Waals surface area (Å²) in [5, 5.41) is 4.36. The topological polar surface area (TPSA) is 64.4 Å². The Labute approximate surface area is 138 Å². The molecular weight excluding hydrogens is 313 g/mol. The first-order valence-electron chi connectivity index (χ1n) is 7.78. The number of aryl methyl sites for hydroxylation is 1. The first-order chi connectivity index (χ1) is 11.5. The second-order valence-corrected chi connectivity index (χ2v) is 5.60. The number of rotatable bonds is 3. The number of carbonyl (C=O) groups is 2. The first kappa shape index (κ1) is 16.2. The molecule has 1 amide bonds. The molecule has 3 rings (SSSR count). The Morgan fingerprint density at radius 2 is 2.00 bits per heavy atom. The maximum absolute atomic E-state index is 13.0. The monoisotopic (exact) mass is 331 g/mol. The number of benzene rings is 1. The summed E-state index contributed by atoms with van der Waals surface area (Å²) in [7, 11) is 1.69. The van der Waals surface area contributed by atoms with Gasteiger partial charge in [-0.2, -0.15) is 5.10 Å². The lowest BCUT2D eigenvalue weighted by molar-refractivity contribution is 0.0508. The van der Waals surface area contributed by atoms with Crippen molar-refractivity contribution < 1.29 is 18.7 Å². The zero-order chi connectivity index (χ0) is 17.3. The molecule has 0 aliphatic carbocycles. The predicted molar refractivity (Wildman–Crippen MR) is 84.0 cm³/mol. The lowest BCUT2D eigenvalue weighted by Gasteiger charge is -2.27. The van der Waals surface area contributed by atoms with Gasteiger partial charge in [0, 0.05) is 31.1 Å². The van der Waals surface area contributed by atoms with Crippen molar-refractivity contribution in [2.45, 2.75) is 19.9 Å². The second kappa shape index (κ2) is 6.43. The fraction of sp³-hybridized carbons (Fsp3) is 0.353. The van der Waals surface area contributed by atoms with Crippen molar-refractivity contribution in [2.75, 3.05) is 13.2 Å². The Hall–Kier alpha value is -2.70. The van der Waals surface area contributed by atoms with Gasteiger partial charge in [0.2, 0.25) is 0 Å². The van der Waals surface area contributed by atoms with E-state index in [1.165, 1.54) is 28.9 Å². The van der Waals surface area contributed by atoms with Gasteiger partial charge in [0.25, 0.3) is 5.91 Å². The van der Waals surface area contributed by atoms with E-state index in [9.17, 15) is 14.0 Å². The number of amides is 1. The van der Waals surface area contributed by atoms with Gasteiger partial charge in [0.1, 0.15) is 5.82 Å². The summed E-state index contributed by atoms with van der Waals surface area (Å²) in [5.41, 5.74) is 2.33. The van der Waals surface area contributed by atoms with E-state index in [-0.39, 0.29) is 24.9 Å². The lowest BCUT2D eigenvalue weighted by Crippen LogP contribution is -2.36. The number of ether oxygens (including phenoxy) is 1. The molecule has 1 aromatic carbocycles. The molecule has 2 aromatic rings. The van der Waals surface area contributed by atoms with Crippen LogP contribution < -0.4 is 0 Å². The molecule has 1 aliphatic rings. The minimum atomic E-state index is -0.440. The second-order valence-electron chi connectivity index (χ2n) is 5.60. The number of esters is 1. The summed E-state index contributed by atoms with van der Waals surface area (Å²) in [5.74, 6) is -1.02. The highest BCUT2D eigenvalue weighted by atomic mass is 19.1. The third-order valence-electron chi connectivity index (χ3n) is 4.04. The summed E-state index contributed by atoms with van der Waals surface area (Å²) in [6.07, 6.45) is 0.565. The van der Waals surface area contributed by atoms with Gasteiger partial charge in [0.05, 0.1) is 18.8 Å². The van der Waals surface area contributed by atoms with Crippen LogP contribution in [0.2, 0.25) is 0 Å². The highest BCUT2D eigenvalue weighted by Gasteiger charge is 2.30. The van der Waals surface area contributed by atoms with E-state index in [2.05, 4.69) is 5.10 Å². The summed E-state index contributed by atoms with van der Waals surface area (Å²) < 4.78 is 19.6. The number of fused-ring (bicyclic) bond motifs is 1. The Morgan fingerprint density at radius 3 is 2.67 bits per heavy atom. The number of carbonyl (C=O) groups excluding carboxylic acids is 2. The van der Waals surface area contributed by atoms with Crippen LogP contribution in [-0.2, 0) is 24.8 Å². The van der Waals surface area contributed by atoms with Crippen LogP contribution in [0.5, 0.6) is 0 Å². The van der Waals surface area contributed by atoms with Crippen molar-refractivity contribution in [2.24, 2.45) is 7.05 Å². The van der Waals surface area contributed by atoms with Crippen molar-refractivity contribution in [1.29, 1.82) is 0 Å². The minimum absolute atomic E-state index is 0.195. The van der Waals surface area contributed by atoms with Gasteiger partial charge in [-0.3, -0.25) is 9.48 Å². The fourth-order valence-electron chi connectivity index (χ4n) is 2.90. The molecule has 1 aromatic heterocycles. The third kappa shape index (κ3) is 2.89. The molecule has 0 fully saturated rings. The van der Waals surface area contributed by atoms with Crippen LogP contribution in [0.3, 0.4) is 0 Å². The van der Waals surface area contributed by atoms with Crippen molar-refractivity contribution in [3.05, 3.63) is 52.6 Å². The Balaban J connectivity index is 1.87. The zero-order valence-corrected chi connectivity index (χ0v) is 13.6. The molecule has 126 valence electrons. The number of halogens is 1. The van der Waals surface area contributed by atoms with Gasteiger partial charge in [-0.05, 0) is 31.2 Å². The average molecular weight is 331 g/mol. The molecule has 0 atom stereocenters. The number of hydrogen-bond donors (Lipinski definition) is 0. The Morgan fingerprint density at radius 1 is 1.29 bits per heavy atom. The maximum atomic E-state index is 13.0. The molecule has 0 spiro atoms. The summed E-state index contributed by atoms with van der Waals surface area (Å²) in [6, 6.07) is 5.44. The van der Waals surface area contributed by atoms with E-state index < -0.39 is 5.97 Å². The molecule has 0 radical (unpaired) electrons. The zero-order valence-electron chi connectivity index (χ0n) is 13.6. The molecule has 7 heteroatoms. The van der Waals surface area contributed by atoms with Gasteiger partial charge in [-0.1, -0.05) is 0 Å². The number of hydrogen-bond acceptors (Lipinski definition) is 4. The minimum Gasteiger partial charge on any atom is -0.461 e. The Kier molecular flexibility index (Phi) is 4.33. The van der Waals surface area contributed by atoms with Crippen LogP contribution in [0.4, 0.5) is 4.39 Å². The molecule has 0 saturated carbocycles. The van der Waals surface area contributed by atoms with E-state index in [0.29, 0.717) is 24.2 Å². The molecule has 0 N–H and O–H groups in total. The maximum Gasteiger partial charge on any atom is 0.356 e. The van der Waals surface area contributed by atoms with Crippen LogP contribution in [0.1, 0.15) is 39.0 Å². The molecule has 6 nitrogen and oxygen atoms in total. The van der Waals surface area contributed by atoms with Gasteiger partial charge in [-0.15, -0.1) is 0 Å². The smallest absolute Gasteiger partial charge is 0.356 e. The van der Waals surface area contributed by atoms with Crippen LogP contribution >= 0.6 is 0 Å². The number of nitrogens with zero attached hydrogens (tertiary/aromatic N) is 3. The van der Waals surface area contributed by atoms with Crippen molar-refractivity contribution >= 4 is 11.9 Å². The average Bonchev–Trinajstić information content (AvgIpc) is 2.90. The lowest BCUT2D eigenvalue weighted by atomic mass is 10.0. The van der Waals surface area contributed by atoms with E-state index in [1.54, 1.807) is 18.9 Å². The van der Waals surface area contributed by atoms with E-state index in [1.807, 2.05) is 0 Å². The van der Waals surface area contributed by atoms with Crippen LogP contribution in [0, 0.1) is 5.82 Å². The molecule has 0 bridgehead atoms. The molecule has 0 unspecified atom stereocenters. The highest BCUT2D eigenvalue weighted by molar-refractivity contribution is 5.95. The normalized spacial score (nSPS) is 13.5. The SMILES string of the molecule is CCOC(=O)c1c2c(nn1C)CCN(C(=O)c1ccc(F)cc1)C2. The highest BCUT2D eigenvalue weighted by Crippen LogP contribution is 2.24. The van der Waals surface area contributed by atoms with E-state index >= 15 is 0 Å². The van der Waals surface area contributed by atoms with Gasteiger partial charge in [0.15, 0.2) is 5.69 Å². The first-order valence-corrected chi connectivity index (χ1v) is 7.78. The van der Waals surface area contributed by atoms with Crippen LogP contribution in [0.15, 0.2) is 24.3 Å². The third-order valence-corrected chi connectivity index (χ3v) is 4.04. The van der Waals surface area contributed by atoms with Crippen molar-refractivity contribution in [1.82, 2.24) is 14.7 Å². The van der Waals surface area contributed by atoms with Crippen molar-refractivity contribution in [3.8, 4) is 0 Å². The molecule has 0 saturated heterocycles. The standard InChI is InChI=1S/C17H18FN3O3/c1-3-24-17(23)15-13-10-21(9-8-14(13)19-20(15)2)16(22)11-4-6-12(18)7-5-11/h4-7H,3,8-10H2,1-2H3. The molecule has 2 heterocycles. The van der Waals surface area contributed by atoms with Gasteiger partial charge in [-0.25, -0.2) is 9.18 Å². The van der Waals surface area contributed by atoms with Crippen LogP contribution in [-0.4, -0.2) is 39.7 Å². The predicted octanol–water partition coefficient (Wildman–Crippen LogP) is 1.93. The Bertz CT molecular complexity index is 783. The quantitative estimate of drug-likeness (QED) is 0.806. The molecule has 1 aliphatic heterocycles. The summed E-state index contributed by atoms with van der Waals surface area (Å²) in [4.78, 5) is 26.4.